The summed E-state index contributed by atoms with van der Waals surface area (Å²) in [5.74, 6) is -0.207. The van der Waals surface area contributed by atoms with E-state index in [1.54, 1.807) is 29.2 Å². The molecule has 0 aliphatic carbocycles. The molecule has 0 amide bonds. The molecule has 0 saturated heterocycles. The minimum Gasteiger partial charge on any atom is -0.307 e. The lowest BCUT2D eigenvalue weighted by atomic mass is 10.1. The van der Waals surface area contributed by atoms with Crippen molar-refractivity contribution in [1.29, 1.82) is 0 Å². The molecule has 1 aromatic heterocycles. The van der Waals surface area contributed by atoms with E-state index in [9.17, 15) is 4.39 Å². The van der Waals surface area contributed by atoms with E-state index in [0.29, 0.717) is 5.56 Å². The van der Waals surface area contributed by atoms with E-state index in [4.69, 9.17) is 0 Å². The van der Waals surface area contributed by atoms with Gasteiger partial charge in [0.25, 0.3) is 0 Å². The Labute approximate surface area is 127 Å². The van der Waals surface area contributed by atoms with Gasteiger partial charge in [-0.25, -0.2) is 9.37 Å². The summed E-state index contributed by atoms with van der Waals surface area (Å²) in [6.45, 7) is 7.12. The van der Waals surface area contributed by atoms with Crippen LogP contribution in [0, 0.1) is 5.82 Å². The SMILES string of the molecule is CSc1cccc(F)c1-c1ncc(CNC(C)(C)C)s1. The van der Waals surface area contributed by atoms with Gasteiger partial charge in [-0.2, -0.15) is 0 Å². The number of thioether (sulfide) groups is 1. The molecule has 2 nitrogen and oxygen atoms in total. The molecule has 0 unspecified atom stereocenters. The highest BCUT2D eigenvalue weighted by Crippen LogP contribution is 2.35. The van der Waals surface area contributed by atoms with Gasteiger partial charge in [0.05, 0.1) is 5.56 Å². The number of nitrogens with one attached hydrogen (secondary N) is 1. The molecule has 0 spiro atoms. The lowest BCUT2D eigenvalue weighted by molar-refractivity contribution is 0.426. The van der Waals surface area contributed by atoms with Crippen LogP contribution in [0.1, 0.15) is 25.6 Å². The quantitative estimate of drug-likeness (QED) is 0.838. The first-order valence-electron chi connectivity index (χ1n) is 6.43. The summed E-state index contributed by atoms with van der Waals surface area (Å²) in [5.41, 5.74) is 0.680. The van der Waals surface area contributed by atoms with Crippen molar-refractivity contribution >= 4 is 23.1 Å². The summed E-state index contributed by atoms with van der Waals surface area (Å²) >= 11 is 3.09. The van der Waals surface area contributed by atoms with Crippen LogP contribution in [0.3, 0.4) is 0 Å². The van der Waals surface area contributed by atoms with Gasteiger partial charge in [-0.3, -0.25) is 0 Å². The van der Waals surface area contributed by atoms with Crippen molar-refractivity contribution in [3.05, 3.63) is 35.1 Å². The van der Waals surface area contributed by atoms with Crippen LogP contribution in [-0.4, -0.2) is 16.8 Å². The fraction of sp³-hybridized carbons (Fsp3) is 0.400. The molecule has 20 heavy (non-hydrogen) atoms. The second-order valence-corrected chi connectivity index (χ2v) is 7.52. The molecule has 0 saturated carbocycles. The number of thiazole rings is 1. The van der Waals surface area contributed by atoms with Gasteiger partial charge in [-0.05, 0) is 39.2 Å². The van der Waals surface area contributed by atoms with E-state index in [-0.39, 0.29) is 11.4 Å². The standard InChI is InChI=1S/C15H19FN2S2/c1-15(2,3)18-9-10-8-17-14(20-10)13-11(16)6-5-7-12(13)19-4/h5-8,18H,9H2,1-4H3. The first kappa shape index (κ1) is 15.5. The molecule has 0 radical (unpaired) electrons. The van der Waals surface area contributed by atoms with Crippen LogP contribution in [0.4, 0.5) is 4.39 Å². The number of hydrogen-bond acceptors (Lipinski definition) is 4. The van der Waals surface area contributed by atoms with Crippen LogP contribution >= 0.6 is 23.1 Å². The van der Waals surface area contributed by atoms with Crippen molar-refractivity contribution in [2.75, 3.05) is 6.26 Å². The van der Waals surface area contributed by atoms with Crippen molar-refractivity contribution in [2.24, 2.45) is 0 Å². The Bertz CT molecular complexity index is 588. The molecule has 0 aliphatic rings. The molecule has 2 aromatic rings. The highest BCUT2D eigenvalue weighted by molar-refractivity contribution is 7.98. The molecule has 2 rings (SSSR count). The zero-order valence-electron chi connectivity index (χ0n) is 12.2. The molecule has 1 N–H and O–H groups in total. The van der Waals surface area contributed by atoms with E-state index in [1.807, 2.05) is 18.5 Å². The lowest BCUT2D eigenvalue weighted by Crippen LogP contribution is -2.34. The number of halogens is 1. The molecule has 1 heterocycles. The van der Waals surface area contributed by atoms with E-state index in [2.05, 4.69) is 31.1 Å². The summed E-state index contributed by atoms with van der Waals surface area (Å²) in [7, 11) is 0. The summed E-state index contributed by atoms with van der Waals surface area (Å²) in [5, 5.41) is 4.17. The largest absolute Gasteiger partial charge is 0.307 e. The number of aromatic nitrogens is 1. The van der Waals surface area contributed by atoms with Crippen molar-refractivity contribution in [1.82, 2.24) is 10.3 Å². The van der Waals surface area contributed by atoms with E-state index >= 15 is 0 Å². The Morgan fingerprint density at radius 1 is 1.35 bits per heavy atom. The Hall–Kier alpha value is -0.910. The molecular formula is C15H19FN2S2. The Balaban J connectivity index is 2.25. The zero-order valence-corrected chi connectivity index (χ0v) is 13.8. The van der Waals surface area contributed by atoms with Crippen LogP contribution in [0.5, 0.6) is 0 Å². The maximum atomic E-state index is 14.0. The topological polar surface area (TPSA) is 24.9 Å². The smallest absolute Gasteiger partial charge is 0.134 e. The summed E-state index contributed by atoms with van der Waals surface area (Å²) in [6.07, 6.45) is 3.78. The number of benzene rings is 1. The summed E-state index contributed by atoms with van der Waals surface area (Å²) in [4.78, 5) is 6.42. The molecule has 0 fully saturated rings. The molecular weight excluding hydrogens is 291 g/mol. The van der Waals surface area contributed by atoms with Gasteiger partial charge < -0.3 is 5.32 Å². The minimum atomic E-state index is -0.207. The lowest BCUT2D eigenvalue weighted by Gasteiger charge is -2.19. The predicted octanol–water partition coefficient (Wildman–Crippen LogP) is 4.56. The Kier molecular flexibility index (Phi) is 4.83. The van der Waals surface area contributed by atoms with Gasteiger partial charge in [-0.15, -0.1) is 23.1 Å². The van der Waals surface area contributed by atoms with E-state index in [0.717, 1.165) is 21.3 Å². The van der Waals surface area contributed by atoms with Crippen LogP contribution in [-0.2, 0) is 6.54 Å². The van der Waals surface area contributed by atoms with Gasteiger partial charge in [-0.1, -0.05) is 6.07 Å². The average molecular weight is 310 g/mol. The van der Waals surface area contributed by atoms with Gasteiger partial charge >= 0.3 is 0 Å². The van der Waals surface area contributed by atoms with Crippen molar-refractivity contribution in [3.8, 4) is 10.6 Å². The second-order valence-electron chi connectivity index (χ2n) is 5.55. The van der Waals surface area contributed by atoms with E-state index in [1.165, 1.54) is 6.07 Å². The summed E-state index contributed by atoms with van der Waals surface area (Å²) in [6, 6.07) is 5.15. The van der Waals surface area contributed by atoms with Crippen LogP contribution < -0.4 is 5.32 Å². The first-order chi connectivity index (χ1) is 9.40. The normalized spacial score (nSPS) is 11.8. The van der Waals surface area contributed by atoms with Gasteiger partial charge in [0.2, 0.25) is 0 Å². The summed E-state index contributed by atoms with van der Waals surface area (Å²) < 4.78 is 14.0. The maximum Gasteiger partial charge on any atom is 0.134 e. The van der Waals surface area contributed by atoms with Gasteiger partial charge in [0.15, 0.2) is 0 Å². The average Bonchev–Trinajstić information content (AvgIpc) is 2.83. The molecule has 0 bridgehead atoms. The van der Waals surface area contributed by atoms with Gasteiger partial charge in [0.1, 0.15) is 10.8 Å². The molecule has 108 valence electrons. The third kappa shape index (κ3) is 3.81. The number of hydrogen-bond donors (Lipinski definition) is 1. The van der Waals surface area contributed by atoms with Crippen LogP contribution in [0.15, 0.2) is 29.3 Å². The maximum absolute atomic E-state index is 14.0. The van der Waals surface area contributed by atoms with Crippen LogP contribution in [0.25, 0.3) is 10.6 Å². The Morgan fingerprint density at radius 2 is 2.10 bits per heavy atom. The fourth-order valence-electron chi connectivity index (χ4n) is 1.74. The van der Waals surface area contributed by atoms with Gasteiger partial charge in [0, 0.05) is 28.1 Å². The Morgan fingerprint density at radius 3 is 2.75 bits per heavy atom. The highest BCUT2D eigenvalue weighted by atomic mass is 32.2. The third-order valence-electron chi connectivity index (χ3n) is 2.76. The first-order valence-corrected chi connectivity index (χ1v) is 8.47. The monoisotopic (exact) mass is 310 g/mol. The minimum absolute atomic E-state index is 0.0621. The number of rotatable bonds is 4. The van der Waals surface area contributed by atoms with Crippen molar-refractivity contribution < 1.29 is 4.39 Å². The zero-order chi connectivity index (χ0) is 14.8. The predicted molar refractivity (Wildman–Crippen MR) is 85.9 cm³/mol. The van der Waals surface area contributed by atoms with Crippen LogP contribution in [0.2, 0.25) is 0 Å². The molecule has 0 aliphatic heterocycles. The third-order valence-corrected chi connectivity index (χ3v) is 4.55. The number of nitrogens with zero attached hydrogens (tertiary/aromatic N) is 1. The van der Waals surface area contributed by atoms with Crippen molar-refractivity contribution in [3.63, 3.8) is 0 Å². The fourth-order valence-corrected chi connectivity index (χ4v) is 3.33. The molecule has 1 aromatic carbocycles. The molecule has 5 heteroatoms. The highest BCUT2D eigenvalue weighted by Gasteiger charge is 2.15. The van der Waals surface area contributed by atoms with E-state index < -0.39 is 0 Å². The second kappa shape index (κ2) is 6.24. The van der Waals surface area contributed by atoms with Crippen molar-refractivity contribution in [2.45, 2.75) is 37.8 Å². The molecule has 0 atom stereocenters.